The van der Waals surface area contributed by atoms with E-state index in [0.29, 0.717) is 17.4 Å². The van der Waals surface area contributed by atoms with Crippen molar-refractivity contribution in [1.82, 2.24) is 0 Å². The van der Waals surface area contributed by atoms with Crippen molar-refractivity contribution in [2.24, 2.45) is 0 Å². The molecule has 2 atom stereocenters. The second kappa shape index (κ2) is 71.2. The van der Waals surface area contributed by atoms with Gasteiger partial charge in [-0.05, 0) is 77.0 Å². The van der Waals surface area contributed by atoms with Crippen molar-refractivity contribution < 1.29 is 42.1 Å². The molecule has 0 spiro atoms. The lowest BCUT2D eigenvalue weighted by atomic mass is 10.0. The molecule has 0 fully saturated rings. The third-order valence-corrected chi connectivity index (χ3v) is 17.8. The van der Waals surface area contributed by atoms with Crippen molar-refractivity contribution in [1.29, 1.82) is 0 Å². The molecular weight excluding hydrogens is 1150 g/mol. The van der Waals surface area contributed by atoms with Crippen molar-refractivity contribution >= 4 is 19.8 Å². The Labute approximate surface area is 564 Å². The minimum absolute atomic E-state index is 0.0316. The minimum atomic E-state index is -4.65. The van der Waals surface area contributed by atoms with E-state index in [-0.39, 0.29) is 32.0 Å². The number of allylic oxidation sites excluding steroid dienone is 16. The maximum absolute atomic E-state index is 12.9. The molecule has 0 saturated heterocycles. The van der Waals surface area contributed by atoms with Crippen molar-refractivity contribution in [3.8, 4) is 0 Å². The van der Waals surface area contributed by atoms with Gasteiger partial charge in [0.25, 0.3) is 7.82 Å². The first-order valence-corrected chi connectivity index (χ1v) is 39.9. The van der Waals surface area contributed by atoms with E-state index in [1.54, 1.807) is 0 Å². The quantitative estimate of drug-likeness (QED) is 0.0195. The van der Waals surface area contributed by atoms with Gasteiger partial charge in [-0.15, -0.1) is 0 Å². The van der Waals surface area contributed by atoms with Crippen LogP contribution in [0.1, 0.15) is 354 Å². The Balaban J connectivity index is 3.99. The van der Waals surface area contributed by atoms with Gasteiger partial charge in [-0.1, -0.05) is 361 Å². The van der Waals surface area contributed by atoms with Crippen LogP contribution in [0, 0.1) is 0 Å². The molecule has 0 amide bonds. The molecule has 9 nitrogen and oxygen atoms in total. The predicted octanol–water partition coefficient (Wildman–Crippen LogP) is 24.8. The number of nitrogens with zero attached hydrogens (tertiary/aromatic N) is 1. The molecule has 0 aromatic carbocycles. The molecular formula is C81H146NO8P. The van der Waals surface area contributed by atoms with Crippen LogP contribution in [-0.2, 0) is 32.7 Å². The minimum Gasteiger partial charge on any atom is -0.756 e. The second-order valence-electron chi connectivity index (χ2n) is 27.0. The highest BCUT2D eigenvalue weighted by molar-refractivity contribution is 7.45. The van der Waals surface area contributed by atoms with Crippen LogP contribution < -0.4 is 4.89 Å². The summed E-state index contributed by atoms with van der Waals surface area (Å²) in [6.07, 6.45) is 99.4. The first-order valence-electron chi connectivity index (χ1n) is 38.4. The molecule has 0 saturated carbocycles. The number of ether oxygens (including phenoxy) is 2. The summed E-state index contributed by atoms with van der Waals surface area (Å²) in [7, 11) is 1.18. The molecule has 0 aliphatic carbocycles. The summed E-state index contributed by atoms with van der Waals surface area (Å²) in [5.41, 5.74) is 0. The number of likely N-dealkylation sites (N-methyl/N-ethyl adjacent to an activating group) is 1. The van der Waals surface area contributed by atoms with Crippen LogP contribution in [0.3, 0.4) is 0 Å². The predicted molar refractivity (Wildman–Crippen MR) is 392 cm³/mol. The second-order valence-corrected chi connectivity index (χ2v) is 28.4. The lowest BCUT2D eigenvalue weighted by molar-refractivity contribution is -0.870. The molecule has 0 radical (unpaired) electrons. The van der Waals surface area contributed by atoms with Crippen LogP contribution in [0.2, 0.25) is 0 Å². The van der Waals surface area contributed by atoms with E-state index < -0.39 is 26.5 Å². The van der Waals surface area contributed by atoms with Gasteiger partial charge < -0.3 is 27.9 Å². The summed E-state index contributed by atoms with van der Waals surface area (Å²) in [5, 5.41) is 0. The van der Waals surface area contributed by atoms with E-state index in [4.69, 9.17) is 18.5 Å². The normalized spacial score (nSPS) is 13.6. The van der Waals surface area contributed by atoms with Crippen LogP contribution in [-0.4, -0.2) is 70.0 Å². The van der Waals surface area contributed by atoms with E-state index in [0.717, 1.165) is 89.9 Å². The van der Waals surface area contributed by atoms with E-state index in [2.05, 4.69) is 111 Å². The van der Waals surface area contributed by atoms with Gasteiger partial charge in [-0.2, -0.15) is 0 Å². The molecule has 0 N–H and O–H groups in total. The number of rotatable bonds is 71. The fraction of sp³-hybridized carbons (Fsp3) is 0.778. The Hall–Kier alpha value is -3.07. The van der Waals surface area contributed by atoms with Crippen molar-refractivity contribution in [3.05, 3.63) is 97.2 Å². The lowest BCUT2D eigenvalue weighted by Crippen LogP contribution is -2.37. The van der Waals surface area contributed by atoms with E-state index >= 15 is 0 Å². The number of hydrogen-bond acceptors (Lipinski definition) is 8. The van der Waals surface area contributed by atoms with Gasteiger partial charge in [0, 0.05) is 12.8 Å². The highest BCUT2D eigenvalue weighted by Crippen LogP contribution is 2.38. The van der Waals surface area contributed by atoms with Gasteiger partial charge in [-0.3, -0.25) is 14.2 Å². The van der Waals surface area contributed by atoms with Gasteiger partial charge in [0.15, 0.2) is 6.10 Å². The maximum atomic E-state index is 12.9. The summed E-state index contributed by atoms with van der Waals surface area (Å²) >= 11 is 0. The van der Waals surface area contributed by atoms with Crippen molar-refractivity contribution in [2.45, 2.75) is 360 Å². The molecule has 0 aliphatic heterocycles. The molecule has 0 aromatic heterocycles. The Morgan fingerprint density at radius 2 is 0.626 bits per heavy atom. The van der Waals surface area contributed by atoms with Gasteiger partial charge in [-0.25, -0.2) is 0 Å². The standard InChI is InChI=1S/C81H146NO8P/c1-6-8-10-12-14-16-18-20-22-24-26-28-30-32-34-36-37-38-39-40-41-42-43-44-45-46-48-50-52-54-56-58-60-62-64-66-68-70-72-74-81(84)90-79(78-89-91(85,86)88-76-75-82(3,4)5)77-87-80(83)73-71-69-67-65-63-61-59-57-55-53-51-49-47-35-33-31-29-27-25-23-21-19-17-15-13-11-9-7-2/h8,10,14,16,20,22,26,28,32,34,37-38,40-41,43-44,79H,6-7,9,11-13,15,17-19,21,23-25,27,29-31,33,35-36,39,42,45-78H2,1-5H3/b10-8-,16-14-,22-20-,28-26-,34-32-,38-37-,41-40-,44-43-. The highest BCUT2D eigenvalue weighted by Gasteiger charge is 2.22. The summed E-state index contributed by atoms with van der Waals surface area (Å²) in [4.78, 5) is 38.1. The smallest absolute Gasteiger partial charge is 0.306 e. The zero-order valence-electron chi connectivity index (χ0n) is 60.3. The average molecular weight is 1290 g/mol. The molecule has 2 unspecified atom stereocenters. The number of carbonyl (C=O) groups is 2. The summed E-state index contributed by atoms with van der Waals surface area (Å²) in [5.74, 6) is -0.819. The number of phosphoric ester groups is 1. The van der Waals surface area contributed by atoms with Crippen LogP contribution in [0.15, 0.2) is 97.2 Å². The Kier molecular flexibility index (Phi) is 68.8. The molecule has 0 bridgehead atoms. The first kappa shape index (κ1) is 87.9. The molecule has 10 heteroatoms. The molecule has 0 rings (SSSR count). The van der Waals surface area contributed by atoms with Gasteiger partial charge in [0.1, 0.15) is 19.8 Å². The average Bonchev–Trinajstić information content (AvgIpc) is 3.30. The molecule has 0 aromatic rings. The van der Waals surface area contributed by atoms with E-state index in [9.17, 15) is 19.0 Å². The zero-order valence-corrected chi connectivity index (χ0v) is 61.2. The highest BCUT2D eigenvalue weighted by atomic mass is 31.2. The fourth-order valence-electron chi connectivity index (χ4n) is 11.0. The van der Waals surface area contributed by atoms with Crippen LogP contribution >= 0.6 is 7.82 Å². The number of carbonyl (C=O) groups excluding carboxylic acids is 2. The topological polar surface area (TPSA) is 111 Å². The fourth-order valence-corrected chi connectivity index (χ4v) is 11.8. The number of quaternary nitrogens is 1. The summed E-state index contributed by atoms with van der Waals surface area (Å²) in [6, 6.07) is 0. The number of phosphoric acid groups is 1. The van der Waals surface area contributed by atoms with Crippen LogP contribution in [0.25, 0.3) is 0 Å². The monoisotopic (exact) mass is 1290 g/mol. The van der Waals surface area contributed by atoms with Gasteiger partial charge in [0.2, 0.25) is 0 Å². The lowest BCUT2D eigenvalue weighted by Gasteiger charge is -2.28. The first-order chi connectivity index (χ1) is 44.5. The SMILES string of the molecule is CC/C=C\C/C=C\C/C=C\C/C=C\C/C=C\C/C=C\C/C=C\C/C=C\CCCCCCCCCCCCCCCCC(=O)OC(COC(=O)CCCCCCCCCCCCCCCCCCCCCCCCCCCCCC)COP(=O)([O-])OCC[N+](C)(C)C. The molecule has 91 heavy (non-hydrogen) atoms. The van der Waals surface area contributed by atoms with E-state index in [1.165, 1.54) is 231 Å². The van der Waals surface area contributed by atoms with Gasteiger partial charge in [0.05, 0.1) is 27.7 Å². The molecule has 0 heterocycles. The van der Waals surface area contributed by atoms with Crippen LogP contribution in [0.5, 0.6) is 0 Å². The Morgan fingerprint density at radius 3 is 0.934 bits per heavy atom. The van der Waals surface area contributed by atoms with Gasteiger partial charge >= 0.3 is 11.9 Å². The number of esters is 2. The van der Waals surface area contributed by atoms with E-state index in [1.807, 2.05) is 21.1 Å². The van der Waals surface area contributed by atoms with Crippen molar-refractivity contribution in [2.75, 3.05) is 47.5 Å². The number of hydrogen-bond donors (Lipinski definition) is 0. The molecule has 528 valence electrons. The zero-order chi connectivity index (χ0) is 66.2. The summed E-state index contributed by atoms with van der Waals surface area (Å²) in [6.45, 7) is 4.18. The third kappa shape index (κ3) is 75.8. The van der Waals surface area contributed by atoms with Crippen LogP contribution in [0.4, 0.5) is 0 Å². The van der Waals surface area contributed by atoms with Crippen molar-refractivity contribution in [3.63, 3.8) is 0 Å². The Morgan fingerprint density at radius 1 is 0.352 bits per heavy atom. The maximum Gasteiger partial charge on any atom is 0.306 e. The Bertz CT molecular complexity index is 1860. The summed E-state index contributed by atoms with van der Waals surface area (Å²) < 4.78 is 34.4. The third-order valence-electron chi connectivity index (χ3n) is 16.9. The number of unbranched alkanes of at least 4 members (excludes halogenated alkanes) is 41. The molecule has 0 aliphatic rings. The largest absolute Gasteiger partial charge is 0.756 e.